The van der Waals surface area contributed by atoms with Crippen molar-refractivity contribution in [3.63, 3.8) is 0 Å². The third kappa shape index (κ3) is 5.35. The van der Waals surface area contributed by atoms with E-state index in [0.717, 1.165) is 5.56 Å². The van der Waals surface area contributed by atoms with Gasteiger partial charge in [0.05, 0.1) is 5.92 Å². The summed E-state index contributed by atoms with van der Waals surface area (Å²) in [6.07, 6.45) is 0.709. The largest absolute Gasteiger partial charge is 0.460 e. The minimum absolute atomic E-state index is 0.128. The standard InChI is InChI=1S/C14H19BrO2/c1-14(2,3)17-13(16)12(10-15)9-11-7-5-4-6-8-11/h4-8,12H,9-10H2,1-3H3. The van der Waals surface area contributed by atoms with Crippen LogP contribution >= 0.6 is 15.9 Å². The van der Waals surface area contributed by atoms with Crippen LogP contribution in [0.1, 0.15) is 26.3 Å². The topological polar surface area (TPSA) is 26.3 Å². The fourth-order valence-corrected chi connectivity index (χ4v) is 1.98. The minimum atomic E-state index is -0.422. The lowest BCUT2D eigenvalue weighted by atomic mass is 10.0. The van der Waals surface area contributed by atoms with Crippen LogP contribution in [0.3, 0.4) is 0 Å². The molecule has 0 N–H and O–H groups in total. The molecule has 0 aliphatic heterocycles. The molecule has 1 aromatic rings. The Morgan fingerprint density at radius 3 is 2.35 bits per heavy atom. The number of rotatable bonds is 4. The number of halogens is 1. The highest BCUT2D eigenvalue weighted by atomic mass is 79.9. The molecule has 0 amide bonds. The van der Waals surface area contributed by atoms with Gasteiger partial charge in [-0.05, 0) is 32.8 Å². The van der Waals surface area contributed by atoms with Gasteiger partial charge in [0.1, 0.15) is 5.60 Å². The Kier molecular flexibility index (Phi) is 5.19. The number of hydrogen-bond acceptors (Lipinski definition) is 2. The first kappa shape index (κ1) is 14.2. The molecule has 0 spiro atoms. The Bertz CT molecular complexity index is 354. The van der Waals surface area contributed by atoms with E-state index in [-0.39, 0.29) is 11.9 Å². The van der Waals surface area contributed by atoms with E-state index in [0.29, 0.717) is 11.8 Å². The third-order valence-corrected chi connectivity index (χ3v) is 3.03. The fraction of sp³-hybridized carbons (Fsp3) is 0.500. The summed E-state index contributed by atoms with van der Waals surface area (Å²) < 4.78 is 5.39. The molecule has 3 heteroatoms. The predicted octanol–water partition coefficient (Wildman–Crippen LogP) is 3.58. The molecular formula is C14H19BrO2. The van der Waals surface area contributed by atoms with Crippen LogP contribution < -0.4 is 0 Å². The van der Waals surface area contributed by atoms with Gasteiger partial charge in [-0.3, -0.25) is 4.79 Å². The molecule has 0 saturated heterocycles. The Hall–Kier alpha value is -0.830. The molecule has 1 rings (SSSR count). The Morgan fingerprint density at radius 2 is 1.88 bits per heavy atom. The molecule has 1 atom stereocenters. The predicted molar refractivity (Wildman–Crippen MR) is 73.3 cm³/mol. The van der Waals surface area contributed by atoms with Crippen LogP contribution in [0.25, 0.3) is 0 Å². The van der Waals surface area contributed by atoms with E-state index in [2.05, 4.69) is 15.9 Å². The van der Waals surface area contributed by atoms with Gasteiger partial charge in [0.15, 0.2) is 0 Å². The van der Waals surface area contributed by atoms with Gasteiger partial charge in [0, 0.05) is 5.33 Å². The van der Waals surface area contributed by atoms with Crippen molar-refractivity contribution in [1.29, 1.82) is 0 Å². The van der Waals surface area contributed by atoms with Gasteiger partial charge in [0.25, 0.3) is 0 Å². The van der Waals surface area contributed by atoms with Crippen LogP contribution in [0.15, 0.2) is 30.3 Å². The first-order chi connectivity index (χ1) is 7.92. The van der Waals surface area contributed by atoms with E-state index in [4.69, 9.17) is 4.74 Å². The van der Waals surface area contributed by atoms with Crippen molar-refractivity contribution in [3.8, 4) is 0 Å². The summed E-state index contributed by atoms with van der Waals surface area (Å²) in [4.78, 5) is 11.9. The summed E-state index contributed by atoms with van der Waals surface area (Å²) in [6.45, 7) is 5.66. The molecule has 17 heavy (non-hydrogen) atoms. The summed E-state index contributed by atoms with van der Waals surface area (Å²) in [5.41, 5.74) is 0.733. The van der Waals surface area contributed by atoms with Crippen molar-refractivity contribution in [2.45, 2.75) is 32.8 Å². The molecule has 1 unspecified atom stereocenters. The normalized spacial score (nSPS) is 13.2. The molecule has 0 radical (unpaired) electrons. The van der Waals surface area contributed by atoms with Gasteiger partial charge in [0.2, 0.25) is 0 Å². The number of alkyl halides is 1. The first-order valence-electron chi connectivity index (χ1n) is 5.75. The lowest BCUT2D eigenvalue weighted by Gasteiger charge is -2.23. The molecular weight excluding hydrogens is 280 g/mol. The number of ether oxygens (including phenoxy) is 1. The second-order valence-electron chi connectivity index (χ2n) is 5.07. The molecule has 0 aliphatic carbocycles. The summed E-state index contributed by atoms with van der Waals surface area (Å²) in [5.74, 6) is -0.269. The third-order valence-electron chi connectivity index (χ3n) is 2.25. The average Bonchev–Trinajstić information content (AvgIpc) is 2.24. The molecule has 0 fully saturated rings. The monoisotopic (exact) mass is 298 g/mol. The lowest BCUT2D eigenvalue weighted by Crippen LogP contribution is -2.30. The number of carbonyl (C=O) groups is 1. The SMILES string of the molecule is CC(C)(C)OC(=O)C(CBr)Cc1ccccc1. The van der Waals surface area contributed by atoms with Gasteiger partial charge in [-0.1, -0.05) is 46.3 Å². The van der Waals surface area contributed by atoms with E-state index >= 15 is 0 Å². The van der Waals surface area contributed by atoms with Crippen molar-refractivity contribution in [2.75, 3.05) is 5.33 Å². The van der Waals surface area contributed by atoms with Gasteiger partial charge in [-0.25, -0.2) is 0 Å². The molecule has 0 heterocycles. The average molecular weight is 299 g/mol. The molecule has 1 aromatic carbocycles. The zero-order chi connectivity index (χ0) is 12.9. The number of esters is 1. The molecule has 0 aromatic heterocycles. The smallest absolute Gasteiger partial charge is 0.310 e. The van der Waals surface area contributed by atoms with E-state index in [1.165, 1.54) is 0 Å². The Labute approximate surface area is 111 Å². The van der Waals surface area contributed by atoms with E-state index in [1.54, 1.807) is 0 Å². The van der Waals surface area contributed by atoms with E-state index in [9.17, 15) is 4.79 Å². The van der Waals surface area contributed by atoms with Crippen LogP contribution in [0, 0.1) is 5.92 Å². The van der Waals surface area contributed by atoms with Gasteiger partial charge < -0.3 is 4.74 Å². The van der Waals surface area contributed by atoms with Gasteiger partial charge in [-0.2, -0.15) is 0 Å². The summed E-state index contributed by atoms with van der Waals surface area (Å²) in [7, 11) is 0. The minimum Gasteiger partial charge on any atom is -0.460 e. The summed E-state index contributed by atoms with van der Waals surface area (Å²) >= 11 is 3.38. The summed E-state index contributed by atoms with van der Waals surface area (Å²) in [5, 5.41) is 0.622. The molecule has 94 valence electrons. The molecule has 2 nitrogen and oxygen atoms in total. The molecule has 0 saturated carbocycles. The number of hydrogen-bond donors (Lipinski definition) is 0. The van der Waals surface area contributed by atoms with Crippen LogP contribution in [0.2, 0.25) is 0 Å². The highest BCUT2D eigenvalue weighted by Gasteiger charge is 2.24. The second-order valence-corrected chi connectivity index (χ2v) is 5.72. The van der Waals surface area contributed by atoms with Crippen molar-refractivity contribution >= 4 is 21.9 Å². The van der Waals surface area contributed by atoms with Crippen LogP contribution in [0.5, 0.6) is 0 Å². The zero-order valence-corrected chi connectivity index (χ0v) is 12.2. The zero-order valence-electron chi connectivity index (χ0n) is 10.6. The van der Waals surface area contributed by atoms with Crippen LogP contribution in [-0.2, 0) is 16.0 Å². The second kappa shape index (κ2) is 6.20. The van der Waals surface area contributed by atoms with E-state index < -0.39 is 5.60 Å². The quantitative estimate of drug-likeness (QED) is 0.627. The maximum Gasteiger partial charge on any atom is 0.310 e. The van der Waals surface area contributed by atoms with Crippen molar-refractivity contribution in [1.82, 2.24) is 0 Å². The number of carbonyl (C=O) groups excluding carboxylic acids is 1. The Balaban J connectivity index is 2.63. The van der Waals surface area contributed by atoms with E-state index in [1.807, 2.05) is 51.1 Å². The highest BCUT2D eigenvalue weighted by Crippen LogP contribution is 2.17. The van der Waals surface area contributed by atoms with Gasteiger partial charge >= 0.3 is 5.97 Å². The lowest BCUT2D eigenvalue weighted by molar-refractivity contribution is -0.159. The van der Waals surface area contributed by atoms with Crippen LogP contribution in [0.4, 0.5) is 0 Å². The van der Waals surface area contributed by atoms with Crippen molar-refractivity contribution in [2.24, 2.45) is 5.92 Å². The highest BCUT2D eigenvalue weighted by molar-refractivity contribution is 9.09. The first-order valence-corrected chi connectivity index (χ1v) is 6.87. The van der Waals surface area contributed by atoms with Crippen LogP contribution in [-0.4, -0.2) is 16.9 Å². The fourth-order valence-electron chi connectivity index (χ4n) is 1.48. The summed E-state index contributed by atoms with van der Waals surface area (Å²) in [6, 6.07) is 9.99. The molecule has 0 aliphatic rings. The Morgan fingerprint density at radius 1 is 1.29 bits per heavy atom. The maximum atomic E-state index is 11.9. The van der Waals surface area contributed by atoms with Gasteiger partial charge in [-0.15, -0.1) is 0 Å². The van der Waals surface area contributed by atoms with Crippen molar-refractivity contribution in [3.05, 3.63) is 35.9 Å². The number of benzene rings is 1. The molecule has 0 bridgehead atoms. The van der Waals surface area contributed by atoms with Crippen molar-refractivity contribution < 1.29 is 9.53 Å². The maximum absolute atomic E-state index is 11.9.